The van der Waals surface area contributed by atoms with Crippen molar-refractivity contribution < 1.29 is 19.0 Å². The van der Waals surface area contributed by atoms with Gasteiger partial charge in [0, 0.05) is 27.0 Å². The van der Waals surface area contributed by atoms with E-state index < -0.39 is 14.2 Å². The Labute approximate surface area is 183 Å². The molecule has 0 saturated heterocycles. The van der Waals surface area contributed by atoms with E-state index in [4.69, 9.17) is 13.9 Å². The van der Waals surface area contributed by atoms with Crippen LogP contribution in [0.5, 0.6) is 0 Å². The fourth-order valence-corrected chi connectivity index (χ4v) is 4.46. The molecule has 1 aliphatic heterocycles. The third kappa shape index (κ3) is 6.71. The third-order valence-electron chi connectivity index (χ3n) is 5.54. The Morgan fingerprint density at radius 3 is 2.57 bits per heavy atom. The fourth-order valence-electron chi connectivity index (χ4n) is 3.70. The highest BCUT2D eigenvalue weighted by Gasteiger charge is 2.32. The molecule has 5 heteroatoms. The minimum Gasteiger partial charge on any atom is -0.462 e. The number of aliphatic hydroxyl groups is 1. The zero-order valence-corrected chi connectivity index (χ0v) is 20.5. The second-order valence-electron chi connectivity index (χ2n) is 9.70. The van der Waals surface area contributed by atoms with E-state index in [2.05, 4.69) is 44.6 Å². The number of fused-ring (bicyclic) bond motifs is 2. The van der Waals surface area contributed by atoms with Crippen LogP contribution in [0.25, 0.3) is 0 Å². The number of aliphatic hydroxyl groups excluding tert-OH is 1. The lowest BCUT2D eigenvalue weighted by Crippen LogP contribution is -2.23. The first-order valence-electron chi connectivity index (χ1n) is 10.8. The maximum absolute atomic E-state index is 10.6. The number of aryl methyl sites for hydroxylation is 1. The number of hydrogen-bond acceptors (Lipinski definition) is 4. The van der Waals surface area contributed by atoms with Gasteiger partial charge in [0.05, 0.1) is 5.92 Å². The Kier molecular flexibility index (Phi) is 8.75. The van der Waals surface area contributed by atoms with Crippen molar-refractivity contribution >= 4 is 8.07 Å². The van der Waals surface area contributed by atoms with Crippen molar-refractivity contribution in [2.24, 2.45) is 5.92 Å². The Morgan fingerprint density at radius 2 is 1.97 bits per heavy atom. The third-order valence-corrected chi connectivity index (χ3v) is 7.25. The Bertz CT molecular complexity index is 805. The quantitative estimate of drug-likeness (QED) is 0.181. The van der Waals surface area contributed by atoms with Gasteiger partial charge >= 0.3 is 0 Å². The van der Waals surface area contributed by atoms with Gasteiger partial charge in [0.1, 0.15) is 30.5 Å². The number of rotatable bonds is 8. The smallest absolute Gasteiger partial charge is 0.147 e. The molecule has 0 aliphatic carbocycles. The van der Waals surface area contributed by atoms with Crippen molar-refractivity contribution in [3.05, 3.63) is 47.5 Å². The van der Waals surface area contributed by atoms with Gasteiger partial charge in [-0.3, -0.25) is 0 Å². The summed E-state index contributed by atoms with van der Waals surface area (Å²) in [4.78, 5) is 0. The second-order valence-corrected chi connectivity index (χ2v) is 15.3. The van der Waals surface area contributed by atoms with Crippen LogP contribution >= 0.6 is 0 Å². The highest BCUT2D eigenvalue weighted by Crippen LogP contribution is 2.40. The first kappa shape index (κ1) is 24.7. The monoisotopic (exact) mass is 430 g/mol. The lowest BCUT2D eigenvalue weighted by atomic mass is 9.87. The number of furan rings is 1. The molecule has 0 spiro atoms. The van der Waals surface area contributed by atoms with E-state index in [1.807, 2.05) is 26.8 Å². The molecule has 1 aliphatic rings. The van der Waals surface area contributed by atoms with Crippen molar-refractivity contribution in [1.82, 2.24) is 0 Å². The average Bonchev–Trinajstić information content (AvgIpc) is 2.96. The molecule has 4 nitrogen and oxygen atoms in total. The topological polar surface area (TPSA) is 51.8 Å². The van der Waals surface area contributed by atoms with Crippen molar-refractivity contribution in [1.29, 1.82) is 0 Å². The summed E-state index contributed by atoms with van der Waals surface area (Å²) >= 11 is 0. The molecule has 2 heterocycles. The molecule has 166 valence electrons. The maximum atomic E-state index is 10.6. The zero-order valence-electron chi connectivity index (χ0n) is 19.5. The van der Waals surface area contributed by atoms with Gasteiger partial charge in [0.2, 0.25) is 0 Å². The molecule has 0 unspecified atom stereocenters. The molecule has 0 radical (unpaired) electrons. The molecule has 1 aromatic rings. The minimum atomic E-state index is -1.14. The van der Waals surface area contributed by atoms with Gasteiger partial charge in [-0.15, -0.1) is 5.92 Å². The van der Waals surface area contributed by atoms with Crippen LogP contribution in [0.3, 0.4) is 0 Å². The second kappa shape index (κ2) is 10.6. The summed E-state index contributed by atoms with van der Waals surface area (Å²) in [5, 5.41) is 10.6. The summed E-state index contributed by atoms with van der Waals surface area (Å²) < 4.78 is 18.4. The predicted octanol–water partition coefficient (Wildman–Crippen LogP) is 5.97. The highest BCUT2D eigenvalue weighted by molar-refractivity contribution is 6.76. The van der Waals surface area contributed by atoms with Crippen molar-refractivity contribution in [2.45, 2.75) is 77.4 Å². The fraction of sp³-hybridized carbons (Fsp3) is 0.600. The molecule has 2 rings (SSSR count). The molecule has 0 aromatic carbocycles. The molecule has 30 heavy (non-hydrogen) atoms. The lowest BCUT2D eigenvalue weighted by molar-refractivity contribution is -0.109. The predicted molar refractivity (Wildman–Crippen MR) is 125 cm³/mol. The van der Waals surface area contributed by atoms with Crippen molar-refractivity contribution in [2.75, 3.05) is 13.4 Å². The van der Waals surface area contributed by atoms with Gasteiger partial charge in [-0.25, -0.2) is 0 Å². The Hall–Kier alpha value is -1.58. The molecule has 4 atom stereocenters. The SMILES string of the molecule is C=C(C)[C@@H]1CCC#C[C@@H](O)[C@@H](C(=C)C)c2cc(C)c(o2)[C@H]1OCOCC[Si](C)(C)C. The first-order chi connectivity index (χ1) is 14.0. The van der Waals surface area contributed by atoms with E-state index >= 15 is 0 Å². The largest absolute Gasteiger partial charge is 0.462 e. The summed E-state index contributed by atoms with van der Waals surface area (Å²) in [6.07, 6.45) is 0.290. The maximum Gasteiger partial charge on any atom is 0.147 e. The normalized spacial score (nSPS) is 24.5. The number of ether oxygens (including phenoxy) is 2. The van der Waals surface area contributed by atoms with Crippen LogP contribution in [0.15, 0.2) is 34.8 Å². The van der Waals surface area contributed by atoms with Crippen LogP contribution in [-0.4, -0.2) is 32.7 Å². The zero-order chi connectivity index (χ0) is 22.5. The highest BCUT2D eigenvalue weighted by atomic mass is 28.3. The lowest BCUT2D eigenvalue weighted by Gasteiger charge is -2.27. The Balaban J connectivity index is 2.32. The van der Waals surface area contributed by atoms with E-state index in [0.29, 0.717) is 18.8 Å². The summed E-state index contributed by atoms with van der Waals surface area (Å²) in [6.45, 7) is 22.1. The van der Waals surface area contributed by atoms with Crippen molar-refractivity contribution in [3.63, 3.8) is 0 Å². The van der Waals surface area contributed by atoms with Crippen LogP contribution < -0.4 is 0 Å². The van der Waals surface area contributed by atoms with Gasteiger partial charge in [-0.05, 0) is 44.9 Å². The van der Waals surface area contributed by atoms with E-state index in [1.165, 1.54) is 0 Å². The standard InChI is InChI=1S/C25H38O4Si/c1-17(2)20-11-9-10-12-21(26)23(18(3)4)22-15-19(5)24(29-22)25(20)28-16-27-13-14-30(6,7)8/h15,20-21,23,25-26H,1,3,9,11,13-14,16H2,2,4-8H3/t20-,21+,23+,25-/m0/s1. The summed E-state index contributed by atoms with van der Waals surface area (Å²) in [5.74, 6) is 7.23. The minimum absolute atomic E-state index is 0.0520. The molecule has 2 bridgehead atoms. The summed E-state index contributed by atoms with van der Waals surface area (Å²) in [7, 11) is -1.14. The average molecular weight is 431 g/mol. The first-order valence-corrected chi connectivity index (χ1v) is 14.5. The van der Waals surface area contributed by atoms with Gasteiger partial charge in [0.25, 0.3) is 0 Å². The van der Waals surface area contributed by atoms with Crippen LogP contribution in [0, 0.1) is 24.7 Å². The molecular weight excluding hydrogens is 392 g/mol. The molecule has 0 amide bonds. The number of hydrogen-bond donors (Lipinski definition) is 1. The van der Waals surface area contributed by atoms with Crippen LogP contribution in [0.4, 0.5) is 0 Å². The molecule has 0 saturated carbocycles. The van der Waals surface area contributed by atoms with E-state index in [0.717, 1.165) is 34.9 Å². The Morgan fingerprint density at radius 1 is 1.27 bits per heavy atom. The van der Waals surface area contributed by atoms with Crippen LogP contribution in [0.1, 0.15) is 55.8 Å². The summed E-state index contributed by atoms with van der Waals surface area (Å²) in [6, 6.07) is 3.07. The van der Waals surface area contributed by atoms with Gasteiger partial charge in [0.15, 0.2) is 0 Å². The van der Waals surface area contributed by atoms with E-state index in [1.54, 1.807) is 0 Å². The molecular formula is C25H38O4Si. The van der Waals surface area contributed by atoms with E-state index in [-0.39, 0.29) is 24.7 Å². The molecule has 0 fully saturated rings. The van der Waals surface area contributed by atoms with Gasteiger partial charge in [-0.1, -0.05) is 49.9 Å². The molecule has 1 N–H and O–H groups in total. The van der Waals surface area contributed by atoms with Crippen molar-refractivity contribution in [3.8, 4) is 11.8 Å². The van der Waals surface area contributed by atoms with Gasteiger partial charge in [-0.2, -0.15) is 0 Å². The summed E-state index contributed by atoms with van der Waals surface area (Å²) in [5.41, 5.74) is 2.84. The van der Waals surface area contributed by atoms with E-state index in [9.17, 15) is 5.11 Å². The van der Waals surface area contributed by atoms with Gasteiger partial charge < -0.3 is 19.0 Å². The molecule has 1 aromatic heterocycles. The van der Waals surface area contributed by atoms with Crippen LogP contribution in [-0.2, 0) is 9.47 Å². The van der Waals surface area contributed by atoms with Crippen LogP contribution in [0.2, 0.25) is 25.7 Å².